The van der Waals surface area contributed by atoms with Crippen LogP contribution in [0.4, 0.5) is 5.69 Å². The lowest BCUT2D eigenvalue weighted by Gasteiger charge is -2.28. The molecule has 30 heavy (non-hydrogen) atoms. The summed E-state index contributed by atoms with van der Waals surface area (Å²) >= 11 is 0. The van der Waals surface area contributed by atoms with E-state index in [2.05, 4.69) is 25.8 Å². The Morgan fingerprint density at radius 2 is 1.87 bits per heavy atom. The summed E-state index contributed by atoms with van der Waals surface area (Å²) in [7, 11) is 0. The van der Waals surface area contributed by atoms with Crippen LogP contribution in [-0.2, 0) is 16.1 Å². The molecule has 3 N–H and O–H groups in total. The molecular weight excluding hydrogens is 495 g/mol. The second-order valence-electron chi connectivity index (χ2n) is 6.88. The number of piperazine rings is 1. The van der Waals surface area contributed by atoms with Gasteiger partial charge in [-0.2, -0.15) is 0 Å². The highest BCUT2D eigenvalue weighted by molar-refractivity contribution is 14.0. The molecule has 0 unspecified atom stereocenters. The molecule has 2 amide bonds. The number of guanidine groups is 1. The third-order valence-electron chi connectivity index (χ3n) is 4.85. The van der Waals surface area contributed by atoms with Crippen LogP contribution in [0.1, 0.15) is 32.8 Å². The number of aliphatic imine (C=N–C) groups is 1. The van der Waals surface area contributed by atoms with E-state index in [1.54, 1.807) is 0 Å². The number of nitrogens with one attached hydrogen (secondary N) is 3. The molecule has 0 saturated carbocycles. The van der Waals surface area contributed by atoms with Crippen LogP contribution in [0.2, 0.25) is 0 Å². The maximum absolute atomic E-state index is 12.1. The maximum atomic E-state index is 12.1. The van der Waals surface area contributed by atoms with Crippen molar-refractivity contribution in [2.75, 3.05) is 50.7 Å². The zero-order valence-electron chi connectivity index (χ0n) is 18.2. The summed E-state index contributed by atoms with van der Waals surface area (Å²) in [5.41, 5.74) is 2.14. The van der Waals surface area contributed by atoms with Gasteiger partial charge in [-0.05, 0) is 38.5 Å². The van der Waals surface area contributed by atoms with Gasteiger partial charge in [0.25, 0.3) is 0 Å². The molecule has 0 radical (unpaired) electrons. The van der Waals surface area contributed by atoms with E-state index in [1.807, 2.05) is 49.9 Å². The number of halogens is 1. The average molecular weight is 530 g/mol. The molecule has 0 atom stereocenters. The van der Waals surface area contributed by atoms with Crippen molar-refractivity contribution in [1.82, 2.24) is 20.9 Å². The number of rotatable bonds is 9. The lowest BCUT2D eigenvalue weighted by Crippen LogP contribution is -2.47. The van der Waals surface area contributed by atoms with E-state index in [0.717, 1.165) is 37.4 Å². The molecule has 0 aromatic heterocycles. The van der Waals surface area contributed by atoms with Crippen LogP contribution in [0.25, 0.3) is 0 Å². The largest absolute Gasteiger partial charge is 0.360 e. The average Bonchev–Trinajstić information content (AvgIpc) is 2.73. The van der Waals surface area contributed by atoms with E-state index in [9.17, 15) is 9.59 Å². The summed E-state index contributed by atoms with van der Waals surface area (Å²) < 4.78 is 0. The van der Waals surface area contributed by atoms with E-state index in [-0.39, 0.29) is 35.8 Å². The van der Waals surface area contributed by atoms with Crippen LogP contribution in [0, 0.1) is 0 Å². The third-order valence-corrected chi connectivity index (χ3v) is 4.85. The first-order valence-electron chi connectivity index (χ1n) is 10.5. The number of carbonyl (C=O) groups is 2. The molecule has 1 aliphatic heterocycles. The molecule has 0 aliphatic carbocycles. The second kappa shape index (κ2) is 14.1. The standard InChI is InChI=1S/C21H34N6O2.HI/c1-4-22-21(24-12-11-20(29)26(5-2)6-3)25-15-17-7-9-18(10-8-17)27-14-13-23-19(28)16-27;/h7-10H,4-6,11-16H2,1-3H3,(H,23,28)(H2,22,24,25);1H. The zero-order valence-corrected chi connectivity index (χ0v) is 20.6. The van der Waals surface area contributed by atoms with Crippen LogP contribution < -0.4 is 20.9 Å². The van der Waals surface area contributed by atoms with Gasteiger partial charge < -0.3 is 25.8 Å². The Kier molecular flexibility index (Phi) is 12.2. The minimum absolute atomic E-state index is 0. The van der Waals surface area contributed by atoms with Crippen molar-refractivity contribution in [1.29, 1.82) is 0 Å². The summed E-state index contributed by atoms with van der Waals surface area (Å²) in [5, 5.41) is 9.28. The van der Waals surface area contributed by atoms with Crippen LogP contribution in [0.15, 0.2) is 29.3 Å². The molecule has 9 heteroatoms. The van der Waals surface area contributed by atoms with E-state index in [4.69, 9.17) is 0 Å². The van der Waals surface area contributed by atoms with Gasteiger partial charge in [-0.1, -0.05) is 12.1 Å². The van der Waals surface area contributed by atoms with Crippen molar-refractivity contribution in [2.45, 2.75) is 33.7 Å². The first-order chi connectivity index (χ1) is 14.1. The molecular formula is C21H35IN6O2. The molecule has 1 heterocycles. The predicted molar refractivity (Wildman–Crippen MR) is 132 cm³/mol. The van der Waals surface area contributed by atoms with E-state index in [1.165, 1.54) is 0 Å². The Bertz CT molecular complexity index is 691. The second-order valence-corrected chi connectivity index (χ2v) is 6.88. The highest BCUT2D eigenvalue weighted by Crippen LogP contribution is 2.16. The molecule has 1 aromatic rings. The van der Waals surface area contributed by atoms with E-state index >= 15 is 0 Å². The van der Waals surface area contributed by atoms with Crippen LogP contribution >= 0.6 is 24.0 Å². The van der Waals surface area contributed by atoms with Gasteiger partial charge in [0.15, 0.2) is 5.96 Å². The van der Waals surface area contributed by atoms with E-state index < -0.39 is 0 Å². The van der Waals surface area contributed by atoms with Crippen molar-refractivity contribution >= 4 is 47.4 Å². The monoisotopic (exact) mass is 530 g/mol. The fourth-order valence-electron chi connectivity index (χ4n) is 3.21. The Balaban J connectivity index is 0.00000450. The minimum Gasteiger partial charge on any atom is -0.360 e. The maximum Gasteiger partial charge on any atom is 0.239 e. The van der Waals surface area contributed by atoms with Crippen molar-refractivity contribution in [3.8, 4) is 0 Å². The topological polar surface area (TPSA) is 89.1 Å². The lowest BCUT2D eigenvalue weighted by molar-refractivity contribution is -0.130. The summed E-state index contributed by atoms with van der Waals surface area (Å²) in [6, 6.07) is 8.15. The minimum atomic E-state index is 0. The van der Waals surface area contributed by atoms with Gasteiger partial charge in [-0.25, -0.2) is 4.99 Å². The predicted octanol–water partition coefficient (Wildman–Crippen LogP) is 1.55. The molecule has 1 saturated heterocycles. The molecule has 0 bridgehead atoms. The Morgan fingerprint density at radius 1 is 1.17 bits per heavy atom. The molecule has 2 rings (SSSR count). The number of anilines is 1. The number of carbonyl (C=O) groups excluding carboxylic acids is 2. The fourth-order valence-corrected chi connectivity index (χ4v) is 3.21. The zero-order chi connectivity index (χ0) is 21.1. The fraction of sp³-hybridized carbons (Fsp3) is 0.571. The van der Waals surface area contributed by atoms with Crippen molar-refractivity contribution in [3.05, 3.63) is 29.8 Å². The van der Waals surface area contributed by atoms with Crippen molar-refractivity contribution in [2.24, 2.45) is 4.99 Å². The van der Waals surface area contributed by atoms with Gasteiger partial charge in [-0.15, -0.1) is 24.0 Å². The highest BCUT2D eigenvalue weighted by atomic mass is 127. The van der Waals surface area contributed by atoms with Gasteiger partial charge in [0, 0.05) is 51.4 Å². The molecule has 168 valence electrons. The van der Waals surface area contributed by atoms with Crippen LogP contribution in [0.5, 0.6) is 0 Å². The van der Waals surface area contributed by atoms with Crippen molar-refractivity contribution < 1.29 is 9.59 Å². The van der Waals surface area contributed by atoms with Gasteiger partial charge in [0.2, 0.25) is 11.8 Å². The summed E-state index contributed by atoms with van der Waals surface area (Å²) in [6.45, 7) is 11.2. The SMILES string of the molecule is CCNC(=NCc1ccc(N2CCNC(=O)C2)cc1)NCCC(=O)N(CC)CC.I. The Morgan fingerprint density at radius 3 is 2.47 bits per heavy atom. The number of hydrogen-bond donors (Lipinski definition) is 3. The lowest BCUT2D eigenvalue weighted by atomic mass is 10.2. The molecule has 1 aliphatic rings. The first-order valence-corrected chi connectivity index (χ1v) is 10.5. The number of benzene rings is 1. The first kappa shape index (κ1) is 26.0. The number of hydrogen-bond acceptors (Lipinski definition) is 4. The van der Waals surface area contributed by atoms with Crippen LogP contribution in [-0.4, -0.2) is 68.5 Å². The van der Waals surface area contributed by atoms with Gasteiger partial charge in [-0.3, -0.25) is 9.59 Å². The van der Waals surface area contributed by atoms with Gasteiger partial charge >= 0.3 is 0 Å². The van der Waals surface area contributed by atoms with Crippen molar-refractivity contribution in [3.63, 3.8) is 0 Å². The molecule has 1 aromatic carbocycles. The van der Waals surface area contributed by atoms with Gasteiger partial charge in [0.05, 0.1) is 13.1 Å². The smallest absolute Gasteiger partial charge is 0.239 e. The highest BCUT2D eigenvalue weighted by Gasteiger charge is 2.16. The normalized spacial score (nSPS) is 13.9. The summed E-state index contributed by atoms with van der Waals surface area (Å²) in [5.74, 6) is 0.919. The van der Waals surface area contributed by atoms with E-state index in [0.29, 0.717) is 38.6 Å². The molecule has 0 spiro atoms. The Labute approximate surface area is 196 Å². The molecule has 1 fully saturated rings. The quantitative estimate of drug-likeness (QED) is 0.256. The van der Waals surface area contributed by atoms with Crippen LogP contribution in [0.3, 0.4) is 0 Å². The Hall–Kier alpha value is -2.04. The van der Waals surface area contributed by atoms with Gasteiger partial charge in [0.1, 0.15) is 0 Å². The number of amides is 2. The summed E-state index contributed by atoms with van der Waals surface area (Å²) in [4.78, 5) is 32.2. The third kappa shape index (κ3) is 8.37. The molecule has 8 nitrogen and oxygen atoms in total. The summed E-state index contributed by atoms with van der Waals surface area (Å²) in [6.07, 6.45) is 0.449. The number of nitrogens with zero attached hydrogens (tertiary/aromatic N) is 3.